The second kappa shape index (κ2) is 6.42. The minimum atomic E-state index is -1.52. The van der Waals surface area contributed by atoms with Crippen molar-refractivity contribution < 1.29 is 29.9 Å². The maximum absolute atomic E-state index is 9.86. The number of ether oxygens (including phenoxy) is 2. The molecule has 5 unspecified atom stereocenters. The van der Waals surface area contributed by atoms with Crippen LogP contribution in [0.3, 0.4) is 0 Å². The molecule has 6 nitrogen and oxygen atoms in total. The van der Waals surface area contributed by atoms with E-state index in [4.69, 9.17) is 9.47 Å². The monoisotopic (exact) mass is 270 g/mol. The number of benzene rings is 1. The topological polar surface area (TPSA) is 99.4 Å². The average Bonchev–Trinajstić information content (AvgIpc) is 2.44. The molecule has 1 aromatic rings. The average molecular weight is 270 g/mol. The molecule has 1 aliphatic rings. The summed E-state index contributed by atoms with van der Waals surface area (Å²) in [6, 6.07) is 9.30. The highest BCUT2D eigenvalue weighted by Crippen LogP contribution is 2.23. The van der Waals surface area contributed by atoms with Crippen molar-refractivity contribution in [2.24, 2.45) is 0 Å². The highest BCUT2D eigenvalue weighted by atomic mass is 16.6. The number of hydrogen-bond acceptors (Lipinski definition) is 6. The van der Waals surface area contributed by atoms with Gasteiger partial charge in [0.05, 0.1) is 13.2 Å². The first-order valence-electron chi connectivity index (χ1n) is 6.09. The van der Waals surface area contributed by atoms with Gasteiger partial charge < -0.3 is 29.9 Å². The predicted molar refractivity (Wildman–Crippen MR) is 65.0 cm³/mol. The van der Waals surface area contributed by atoms with Gasteiger partial charge in [-0.1, -0.05) is 30.3 Å². The summed E-state index contributed by atoms with van der Waals surface area (Å²) in [5.74, 6) is 0. The number of hydrogen-bond donors (Lipinski definition) is 4. The van der Waals surface area contributed by atoms with Crippen molar-refractivity contribution in [3.63, 3.8) is 0 Å². The molecule has 0 aromatic heterocycles. The molecule has 1 heterocycles. The zero-order valence-electron chi connectivity index (χ0n) is 10.3. The molecule has 0 saturated carbocycles. The van der Waals surface area contributed by atoms with E-state index in [2.05, 4.69) is 0 Å². The van der Waals surface area contributed by atoms with Gasteiger partial charge >= 0.3 is 0 Å². The molecule has 19 heavy (non-hydrogen) atoms. The van der Waals surface area contributed by atoms with Crippen molar-refractivity contribution in [2.45, 2.75) is 37.3 Å². The molecule has 2 rings (SSSR count). The third-order valence-electron chi connectivity index (χ3n) is 3.12. The molecule has 0 amide bonds. The van der Waals surface area contributed by atoms with E-state index in [0.717, 1.165) is 5.56 Å². The first-order valence-corrected chi connectivity index (χ1v) is 6.09. The predicted octanol–water partition coefficient (Wildman–Crippen LogP) is -0.997. The molecule has 0 bridgehead atoms. The van der Waals surface area contributed by atoms with Gasteiger partial charge in [0.25, 0.3) is 0 Å². The Morgan fingerprint density at radius 2 is 1.74 bits per heavy atom. The molecule has 106 valence electrons. The zero-order valence-corrected chi connectivity index (χ0v) is 10.3. The molecule has 1 aromatic carbocycles. The number of aliphatic hydroxyl groups excluding tert-OH is 4. The normalized spacial score (nSPS) is 35.3. The van der Waals surface area contributed by atoms with Crippen molar-refractivity contribution in [3.05, 3.63) is 35.9 Å². The molecular formula is C13H18O6. The summed E-state index contributed by atoms with van der Waals surface area (Å²) >= 11 is 0. The number of rotatable bonds is 4. The summed E-state index contributed by atoms with van der Waals surface area (Å²) in [5, 5.41) is 37.9. The van der Waals surface area contributed by atoms with Gasteiger partial charge in [0.15, 0.2) is 6.29 Å². The van der Waals surface area contributed by atoms with Crippen LogP contribution in [0.1, 0.15) is 5.56 Å². The fraction of sp³-hybridized carbons (Fsp3) is 0.538. The van der Waals surface area contributed by atoms with Gasteiger partial charge in [-0.15, -0.1) is 0 Å². The first kappa shape index (κ1) is 14.4. The van der Waals surface area contributed by atoms with Crippen molar-refractivity contribution in [1.29, 1.82) is 0 Å². The van der Waals surface area contributed by atoms with Gasteiger partial charge in [-0.05, 0) is 5.56 Å². The van der Waals surface area contributed by atoms with Crippen LogP contribution in [0.25, 0.3) is 0 Å². The van der Waals surface area contributed by atoms with E-state index in [1.165, 1.54) is 0 Å². The Hall–Kier alpha value is -1.02. The van der Waals surface area contributed by atoms with Crippen LogP contribution < -0.4 is 0 Å². The molecule has 4 N–H and O–H groups in total. The summed E-state index contributed by atoms with van der Waals surface area (Å²) < 4.78 is 10.5. The Bertz CT molecular complexity index is 382. The lowest BCUT2D eigenvalue weighted by Gasteiger charge is -2.39. The zero-order chi connectivity index (χ0) is 13.8. The highest BCUT2D eigenvalue weighted by molar-refractivity contribution is 5.13. The van der Waals surface area contributed by atoms with Crippen molar-refractivity contribution >= 4 is 0 Å². The van der Waals surface area contributed by atoms with Crippen LogP contribution >= 0.6 is 0 Å². The van der Waals surface area contributed by atoms with Crippen molar-refractivity contribution in [3.8, 4) is 0 Å². The Morgan fingerprint density at radius 1 is 1.05 bits per heavy atom. The van der Waals surface area contributed by atoms with Crippen LogP contribution in [0.4, 0.5) is 0 Å². The second-order valence-electron chi connectivity index (χ2n) is 4.49. The van der Waals surface area contributed by atoms with E-state index in [9.17, 15) is 20.4 Å². The van der Waals surface area contributed by atoms with E-state index < -0.39 is 37.3 Å². The summed E-state index contributed by atoms with van der Waals surface area (Å²) in [6.07, 6.45) is -6.07. The van der Waals surface area contributed by atoms with Crippen LogP contribution in [-0.2, 0) is 16.1 Å². The van der Waals surface area contributed by atoms with E-state index in [-0.39, 0.29) is 6.61 Å². The van der Waals surface area contributed by atoms with E-state index in [0.29, 0.717) is 0 Å². The second-order valence-corrected chi connectivity index (χ2v) is 4.49. The summed E-state index contributed by atoms with van der Waals surface area (Å²) in [4.78, 5) is 0. The molecule has 5 atom stereocenters. The summed E-state index contributed by atoms with van der Waals surface area (Å²) in [5.41, 5.74) is 0.895. The van der Waals surface area contributed by atoms with Gasteiger partial charge in [0.1, 0.15) is 24.4 Å². The van der Waals surface area contributed by atoms with Crippen molar-refractivity contribution in [2.75, 3.05) is 6.61 Å². The standard InChI is InChI=1S/C13H18O6/c14-6-9-12(10(15)11(16)13(17)19-9)18-7-8-4-2-1-3-5-8/h1-5,9-17H,6-7H2. The minimum absolute atomic E-state index is 0.214. The lowest BCUT2D eigenvalue weighted by atomic mass is 9.99. The molecule has 1 fully saturated rings. The van der Waals surface area contributed by atoms with Crippen LogP contribution in [-0.4, -0.2) is 57.7 Å². The lowest BCUT2D eigenvalue weighted by Crippen LogP contribution is -2.59. The molecule has 1 saturated heterocycles. The van der Waals surface area contributed by atoms with E-state index >= 15 is 0 Å². The van der Waals surface area contributed by atoms with Gasteiger partial charge in [0.2, 0.25) is 0 Å². The van der Waals surface area contributed by atoms with Gasteiger partial charge in [-0.2, -0.15) is 0 Å². The minimum Gasteiger partial charge on any atom is -0.394 e. The fourth-order valence-electron chi connectivity index (χ4n) is 2.04. The van der Waals surface area contributed by atoms with E-state index in [1.54, 1.807) is 0 Å². The third-order valence-corrected chi connectivity index (χ3v) is 3.12. The summed E-state index contributed by atoms with van der Waals surface area (Å²) in [6.45, 7) is -0.203. The quantitative estimate of drug-likeness (QED) is 0.560. The van der Waals surface area contributed by atoms with E-state index in [1.807, 2.05) is 30.3 Å². The molecule has 0 radical (unpaired) electrons. The molecule has 0 spiro atoms. The first-order chi connectivity index (χ1) is 9.13. The maximum Gasteiger partial charge on any atom is 0.184 e. The van der Waals surface area contributed by atoms with Crippen LogP contribution in [0, 0.1) is 0 Å². The van der Waals surface area contributed by atoms with Crippen LogP contribution in [0.15, 0.2) is 30.3 Å². The fourth-order valence-corrected chi connectivity index (χ4v) is 2.04. The molecule has 1 aliphatic heterocycles. The van der Waals surface area contributed by atoms with Gasteiger partial charge in [-0.3, -0.25) is 0 Å². The maximum atomic E-state index is 9.86. The molecule has 6 heteroatoms. The van der Waals surface area contributed by atoms with Crippen LogP contribution in [0.2, 0.25) is 0 Å². The Kier molecular flexibility index (Phi) is 4.87. The molecule has 0 aliphatic carbocycles. The lowest BCUT2D eigenvalue weighted by molar-refractivity contribution is -0.295. The molecular weight excluding hydrogens is 252 g/mol. The number of aliphatic hydroxyl groups is 4. The van der Waals surface area contributed by atoms with Crippen LogP contribution in [0.5, 0.6) is 0 Å². The van der Waals surface area contributed by atoms with Gasteiger partial charge in [0, 0.05) is 0 Å². The Morgan fingerprint density at radius 3 is 2.37 bits per heavy atom. The van der Waals surface area contributed by atoms with Gasteiger partial charge in [-0.25, -0.2) is 0 Å². The summed E-state index contributed by atoms with van der Waals surface area (Å²) in [7, 11) is 0. The SMILES string of the molecule is OCC1OC(O)C(O)C(O)C1OCc1ccccc1. The third kappa shape index (κ3) is 3.30. The Labute approximate surface area is 110 Å². The van der Waals surface area contributed by atoms with Crippen molar-refractivity contribution in [1.82, 2.24) is 0 Å². The largest absolute Gasteiger partial charge is 0.394 e. The smallest absolute Gasteiger partial charge is 0.184 e. The Balaban J connectivity index is 2.00. The highest BCUT2D eigenvalue weighted by Gasteiger charge is 2.44.